The molecule has 1 aromatic carbocycles. The molecule has 1 aromatic heterocycles. The van der Waals surface area contributed by atoms with E-state index in [0.29, 0.717) is 43.8 Å². The standard InChI is InChI=1S/C23H29N3O4/c27-22(23(9-10-23)19-4-2-1-3-5-19)26-14-18(15-26)21-24-20(25-30-21)8-13-29-16-17-6-11-28-12-7-17/h1-5,17-18H,6-16H2. The molecule has 7 heteroatoms. The van der Waals surface area contributed by atoms with Crippen molar-refractivity contribution < 1.29 is 18.8 Å². The zero-order valence-corrected chi connectivity index (χ0v) is 17.3. The van der Waals surface area contributed by atoms with Crippen molar-refractivity contribution in [1.82, 2.24) is 15.0 Å². The second-order valence-corrected chi connectivity index (χ2v) is 8.78. The smallest absolute Gasteiger partial charge is 0.233 e. The lowest BCUT2D eigenvalue weighted by Gasteiger charge is -2.39. The molecule has 2 aromatic rings. The fourth-order valence-corrected chi connectivity index (χ4v) is 4.47. The van der Waals surface area contributed by atoms with Crippen molar-refractivity contribution in [2.75, 3.05) is 39.5 Å². The molecule has 7 nitrogen and oxygen atoms in total. The summed E-state index contributed by atoms with van der Waals surface area (Å²) < 4.78 is 16.6. The lowest BCUT2D eigenvalue weighted by molar-refractivity contribution is -0.138. The van der Waals surface area contributed by atoms with Crippen molar-refractivity contribution >= 4 is 5.91 Å². The molecule has 0 unspecified atom stereocenters. The summed E-state index contributed by atoms with van der Waals surface area (Å²) in [6.07, 6.45) is 4.69. The van der Waals surface area contributed by atoms with Gasteiger partial charge in [-0.05, 0) is 37.2 Å². The third kappa shape index (κ3) is 4.01. The fourth-order valence-electron chi connectivity index (χ4n) is 4.47. The summed E-state index contributed by atoms with van der Waals surface area (Å²) in [5.74, 6) is 2.31. The van der Waals surface area contributed by atoms with Crippen molar-refractivity contribution in [3.63, 3.8) is 0 Å². The number of nitrogens with zero attached hydrogens (tertiary/aromatic N) is 3. The first kappa shape index (κ1) is 19.7. The van der Waals surface area contributed by atoms with Crippen LogP contribution in [-0.4, -0.2) is 60.5 Å². The normalized spacial score (nSPS) is 21.4. The maximum absolute atomic E-state index is 13.0. The topological polar surface area (TPSA) is 77.7 Å². The van der Waals surface area contributed by atoms with Gasteiger partial charge in [-0.15, -0.1) is 0 Å². The van der Waals surface area contributed by atoms with E-state index < -0.39 is 0 Å². The lowest BCUT2D eigenvalue weighted by atomic mass is 9.90. The molecule has 0 atom stereocenters. The maximum Gasteiger partial charge on any atom is 0.233 e. The molecule has 2 aliphatic heterocycles. The Morgan fingerprint density at radius 1 is 1.17 bits per heavy atom. The molecule has 5 rings (SSSR count). The number of ether oxygens (including phenoxy) is 2. The van der Waals surface area contributed by atoms with Crippen LogP contribution in [0.1, 0.15) is 48.9 Å². The van der Waals surface area contributed by atoms with Crippen LogP contribution in [0.15, 0.2) is 34.9 Å². The monoisotopic (exact) mass is 411 g/mol. The van der Waals surface area contributed by atoms with Gasteiger partial charge in [0.1, 0.15) is 0 Å². The SMILES string of the molecule is O=C(N1CC(c2nc(CCOCC3CCOCC3)no2)C1)C1(c2ccccc2)CC1. The Kier molecular flexibility index (Phi) is 5.56. The first-order valence-corrected chi connectivity index (χ1v) is 11.1. The van der Waals surface area contributed by atoms with Crippen LogP contribution in [0.4, 0.5) is 0 Å². The number of hydrogen-bond donors (Lipinski definition) is 0. The molecule has 3 heterocycles. The quantitative estimate of drug-likeness (QED) is 0.622. The van der Waals surface area contributed by atoms with Gasteiger partial charge in [0, 0.05) is 39.3 Å². The number of likely N-dealkylation sites (tertiary alicyclic amines) is 1. The van der Waals surface area contributed by atoms with E-state index in [9.17, 15) is 4.79 Å². The van der Waals surface area contributed by atoms with Gasteiger partial charge in [0.2, 0.25) is 11.8 Å². The number of hydrogen-bond acceptors (Lipinski definition) is 6. The van der Waals surface area contributed by atoms with Crippen LogP contribution in [0.25, 0.3) is 0 Å². The Morgan fingerprint density at radius 2 is 1.93 bits per heavy atom. The molecule has 0 radical (unpaired) electrons. The highest BCUT2D eigenvalue weighted by Gasteiger charge is 2.55. The molecule has 1 amide bonds. The average Bonchev–Trinajstić information content (AvgIpc) is 3.45. The van der Waals surface area contributed by atoms with Crippen molar-refractivity contribution in [2.24, 2.45) is 5.92 Å². The average molecular weight is 412 g/mol. The molecule has 30 heavy (non-hydrogen) atoms. The minimum absolute atomic E-state index is 0.143. The highest BCUT2D eigenvalue weighted by atomic mass is 16.5. The Hall–Kier alpha value is -2.25. The molecule has 0 bridgehead atoms. The van der Waals surface area contributed by atoms with E-state index in [-0.39, 0.29) is 17.2 Å². The molecule has 3 aliphatic rings. The highest BCUT2D eigenvalue weighted by molar-refractivity contribution is 5.92. The van der Waals surface area contributed by atoms with Crippen molar-refractivity contribution in [2.45, 2.75) is 43.4 Å². The predicted molar refractivity (Wildman–Crippen MR) is 109 cm³/mol. The molecular formula is C23H29N3O4. The minimum Gasteiger partial charge on any atom is -0.381 e. The van der Waals surface area contributed by atoms with E-state index >= 15 is 0 Å². The van der Waals surface area contributed by atoms with Crippen LogP contribution in [0.2, 0.25) is 0 Å². The number of carbonyl (C=O) groups is 1. The van der Waals surface area contributed by atoms with Crippen LogP contribution < -0.4 is 0 Å². The fraction of sp³-hybridized carbons (Fsp3) is 0.609. The molecule has 3 fully saturated rings. The van der Waals surface area contributed by atoms with Crippen LogP contribution in [0.5, 0.6) is 0 Å². The van der Waals surface area contributed by atoms with E-state index in [1.807, 2.05) is 23.1 Å². The van der Waals surface area contributed by atoms with Crippen LogP contribution in [0, 0.1) is 5.92 Å². The first-order valence-electron chi connectivity index (χ1n) is 11.1. The number of rotatable bonds is 8. The Balaban J connectivity index is 1.07. The third-order valence-electron chi connectivity index (χ3n) is 6.65. The van der Waals surface area contributed by atoms with Crippen molar-refractivity contribution in [3.05, 3.63) is 47.6 Å². The summed E-state index contributed by atoms with van der Waals surface area (Å²) >= 11 is 0. The van der Waals surface area contributed by atoms with Gasteiger partial charge in [-0.1, -0.05) is 35.5 Å². The molecule has 0 N–H and O–H groups in total. The summed E-state index contributed by atoms with van der Waals surface area (Å²) in [5.41, 5.74) is 0.841. The minimum atomic E-state index is -0.298. The van der Waals surface area contributed by atoms with E-state index in [1.165, 1.54) is 0 Å². The molecule has 2 saturated heterocycles. The van der Waals surface area contributed by atoms with Crippen molar-refractivity contribution in [3.8, 4) is 0 Å². The van der Waals surface area contributed by atoms with E-state index in [2.05, 4.69) is 22.3 Å². The maximum atomic E-state index is 13.0. The van der Waals surface area contributed by atoms with Gasteiger partial charge in [0.05, 0.1) is 17.9 Å². The van der Waals surface area contributed by atoms with Gasteiger partial charge < -0.3 is 18.9 Å². The lowest BCUT2D eigenvalue weighted by Crippen LogP contribution is -2.52. The van der Waals surface area contributed by atoms with E-state index in [1.54, 1.807) is 0 Å². The zero-order valence-electron chi connectivity index (χ0n) is 17.3. The van der Waals surface area contributed by atoms with Crippen LogP contribution in [0.3, 0.4) is 0 Å². The molecule has 1 saturated carbocycles. The molecule has 0 spiro atoms. The summed E-state index contributed by atoms with van der Waals surface area (Å²) in [5, 5.41) is 4.09. The third-order valence-corrected chi connectivity index (χ3v) is 6.65. The Morgan fingerprint density at radius 3 is 2.67 bits per heavy atom. The van der Waals surface area contributed by atoms with Gasteiger partial charge in [0.25, 0.3) is 0 Å². The summed E-state index contributed by atoms with van der Waals surface area (Å²) in [4.78, 5) is 19.5. The van der Waals surface area contributed by atoms with Crippen LogP contribution >= 0.6 is 0 Å². The number of benzene rings is 1. The summed E-state index contributed by atoms with van der Waals surface area (Å²) in [7, 11) is 0. The van der Waals surface area contributed by atoms with Gasteiger partial charge in [-0.25, -0.2) is 0 Å². The van der Waals surface area contributed by atoms with E-state index in [0.717, 1.165) is 51.1 Å². The van der Waals surface area contributed by atoms with Crippen molar-refractivity contribution in [1.29, 1.82) is 0 Å². The predicted octanol–water partition coefficient (Wildman–Crippen LogP) is 2.71. The van der Waals surface area contributed by atoms with E-state index in [4.69, 9.17) is 14.0 Å². The van der Waals surface area contributed by atoms with Gasteiger partial charge in [-0.2, -0.15) is 4.98 Å². The molecular weight excluding hydrogens is 382 g/mol. The van der Waals surface area contributed by atoms with Gasteiger partial charge >= 0.3 is 0 Å². The largest absolute Gasteiger partial charge is 0.381 e. The van der Waals surface area contributed by atoms with Gasteiger partial charge in [-0.3, -0.25) is 4.79 Å². The number of aromatic nitrogens is 2. The summed E-state index contributed by atoms with van der Waals surface area (Å²) in [6.45, 7) is 4.39. The number of amides is 1. The second kappa shape index (κ2) is 8.47. The summed E-state index contributed by atoms with van der Waals surface area (Å²) in [6, 6.07) is 10.1. The zero-order chi connectivity index (χ0) is 20.4. The Labute approximate surface area is 176 Å². The number of carbonyl (C=O) groups excluding carboxylic acids is 1. The molecule has 160 valence electrons. The molecule has 1 aliphatic carbocycles. The highest BCUT2D eigenvalue weighted by Crippen LogP contribution is 2.50. The van der Waals surface area contributed by atoms with Gasteiger partial charge in [0.15, 0.2) is 5.82 Å². The van der Waals surface area contributed by atoms with Crippen LogP contribution in [-0.2, 0) is 26.1 Å². The second-order valence-electron chi connectivity index (χ2n) is 8.78. The Bertz CT molecular complexity index is 852. The first-order chi connectivity index (χ1) is 14.7.